The predicted octanol–water partition coefficient (Wildman–Crippen LogP) is 3.18. The van der Waals surface area contributed by atoms with E-state index < -0.39 is 35.9 Å². The second kappa shape index (κ2) is 7.37. The molecular weight excluding hydrogens is 447 g/mol. The molecule has 0 saturated heterocycles. The summed E-state index contributed by atoms with van der Waals surface area (Å²) in [7, 11) is -8.88. The van der Waals surface area contributed by atoms with Gasteiger partial charge in [0.1, 0.15) is 16.1 Å². The molecule has 158 valence electrons. The molecule has 0 fully saturated rings. The monoisotopic (exact) mass is 459 g/mol. The zero-order valence-electron chi connectivity index (χ0n) is 15.3. The van der Waals surface area contributed by atoms with Crippen LogP contribution >= 0.6 is 0 Å². The summed E-state index contributed by atoms with van der Waals surface area (Å²) in [6.45, 7) is 2.16. The molecule has 0 radical (unpaired) electrons. The zero-order chi connectivity index (χ0) is 22.3. The Morgan fingerprint density at radius 3 is 2.57 bits per heavy atom. The summed E-state index contributed by atoms with van der Waals surface area (Å²) in [6, 6.07) is 7.73. The maximum absolute atomic E-state index is 13.4. The van der Waals surface area contributed by atoms with Gasteiger partial charge in [0.25, 0.3) is 5.91 Å². The molecular formula is C17H12F3N3O5S2. The number of oxazole rings is 1. The second-order valence-electron chi connectivity index (χ2n) is 5.83. The van der Waals surface area contributed by atoms with E-state index in [1.807, 2.05) is 6.07 Å². The van der Waals surface area contributed by atoms with Gasteiger partial charge in [-0.15, -0.1) is 4.36 Å². The van der Waals surface area contributed by atoms with Crippen molar-refractivity contribution in [2.45, 2.75) is 29.1 Å². The molecule has 0 N–H and O–H groups in total. The molecule has 1 amide bonds. The van der Waals surface area contributed by atoms with E-state index in [-0.39, 0.29) is 33.3 Å². The molecule has 0 saturated carbocycles. The number of alkyl halides is 3. The van der Waals surface area contributed by atoms with Crippen LogP contribution in [-0.2, 0) is 24.4 Å². The first-order valence-corrected chi connectivity index (χ1v) is 11.3. The maximum Gasteiger partial charge on any atom is 0.484 e. The van der Waals surface area contributed by atoms with Crippen molar-refractivity contribution in [3.8, 4) is 11.6 Å². The normalized spacial score (nSPS) is 14.2. The molecule has 0 spiro atoms. The Bertz CT molecular complexity index is 1370. The fraction of sp³-hybridized carbons (Fsp3) is 0.235. The Labute approximate surface area is 169 Å². The summed E-state index contributed by atoms with van der Waals surface area (Å²) >= 11 is 0. The lowest BCUT2D eigenvalue weighted by Gasteiger charge is -2.10. The molecule has 13 heteroatoms. The first kappa shape index (κ1) is 21.7. The third kappa shape index (κ3) is 3.75. The number of carbonyl (C=O) groups is 1. The van der Waals surface area contributed by atoms with E-state index in [4.69, 9.17) is 4.42 Å². The Hall–Kier alpha value is -2.98. The topological polar surface area (TPSA) is 120 Å². The Morgan fingerprint density at radius 2 is 1.97 bits per heavy atom. The van der Waals surface area contributed by atoms with Crippen molar-refractivity contribution in [3.63, 3.8) is 0 Å². The summed E-state index contributed by atoms with van der Waals surface area (Å²) in [5.41, 5.74) is -5.89. The van der Waals surface area contributed by atoms with E-state index in [1.54, 1.807) is 0 Å². The van der Waals surface area contributed by atoms with E-state index in [0.29, 0.717) is 0 Å². The highest BCUT2D eigenvalue weighted by Gasteiger charge is 2.45. The highest BCUT2D eigenvalue weighted by atomic mass is 32.2. The SMILES string of the molecule is CCS(=O)(=O)c1cccnc1-c1nc2cc(S(=O)(=NC(C)=O)C(F)(F)F)c#cc2o1. The van der Waals surface area contributed by atoms with E-state index >= 15 is 0 Å². The van der Waals surface area contributed by atoms with Crippen LogP contribution in [0.3, 0.4) is 0 Å². The Morgan fingerprint density at radius 1 is 1.27 bits per heavy atom. The van der Waals surface area contributed by atoms with Crippen LogP contribution in [0.1, 0.15) is 13.8 Å². The van der Waals surface area contributed by atoms with Crippen LogP contribution in [0.2, 0.25) is 0 Å². The second-order valence-corrected chi connectivity index (χ2v) is 10.2. The van der Waals surface area contributed by atoms with Crippen molar-refractivity contribution < 1.29 is 35.0 Å². The number of aromatic nitrogens is 2. The lowest BCUT2D eigenvalue weighted by atomic mass is 10.3. The summed E-state index contributed by atoms with van der Waals surface area (Å²) in [4.78, 5) is 17.9. The number of hydrogen-bond acceptors (Lipinski definition) is 7. The number of rotatable bonds is 4. The minimum Gasteiger partial charge on any atom is -0.425 e. The van der Waals surface area contributed by atoms with Gasteiger partial charge in [0.2, 0.25) is 11.5 Å². The average Bonchev–Trinajstić information content (AvgIpc) is 3.09. The number of hydrogen-bond donors (Lipinski definition) is 0. The molecule has 0 bridgehead atoms. The van der Waals surface area contributed by atoms with Gasteiger partial charge in [0, 0.05) is 13.1 Å². The molecule has 1 atom stereocenters. The third-order valence-corrected chi connectivity index (χ3v) is 7.50. The van der Waals surface area contributed by atoms with Crippen molar-refractivity contribution in [1.82, 2.24) is 9.97 Å². The minimum absolute atomic E-state index is 0.143. The Balaban J connectivity index is 2.23. The molecule has 8 nitrogen and oxygen atoms in total. The van der Waals surface area contributed by atoms with Crippen molar-refractivity contribution >= 4 is 36.6 Å². The quantitative estimate of drug-likeness (QED) is 0.588. The first-order valence-electron chi connectivity index (χ1n) is 8.16. The number of fused-ring (bicyclic) bond motifs is 1. The van der Waals surface area contributed by atoms with Gasteiger partial charge in [-0.05, 0) is 30.3 Å². The van der Waals surface area contributed by atoms with Gasteiger partial charge in [-0.3, -0.25) is 4.79 Å². The molecule has 1 unspecified atom stereocenters. The van der Waals surface area contributed by atoms with E-state index in [2.05, 4.69) is 20.4 Å². The highest BCUT2D eigenvalue weighted by Crippen LogP contribution is 2.34. The fourth-order valence-corrected chi connectivity index (χ4v) is 4.72. The van der Waals surface area contributed by atoms with Crippen LogP contribution in [0, 0.1) is 12.1 Å². The first-order chi connectivity index (χ1) is 13.9. The van der Waals surface area contributed by atoms with E-state index in [0.717, 1.165) is 13.0 Å². The van der Waals surface area contributed by atoms with Crippen LogP contribution in [-0.4, -0.2) is 39.8 Å². The summed E-state index contributed by atoms with van der Waals surface area (Å²) < 4.78 is 85.2. The minimum atomic E-state index is -5.35. The number of carbonyl (C=O) groups excluding carboxylic acids is 1. The van der Waals surface area contributed by atoms with Gasteiger partial charge >= 0.3 is 5.51 Å². The molecule has 3 rings (SSSR count). The lowest BCUT2D eigenvalue weighted by molar-refractivity contribution is -0.115. The van der Waals surface area contributed by atoms with Crippen molar-refractivity contribution in [3.05, 3.63) is 36.5 Å². The molecule has 30 heavy (non-hydrogen) atoms. The molecule has 0 aliphatic heterocycles. The van der Waals surface area contributed by atoms with Gasteiger partial charge < -0.3 is 4.42 Å². The van der Waals surface area contributed by atoms with Crippen LogP contribution < -0.4 is 0 Å². The fourth-order valence-electron chi connectivity index (χ4n) is 2.41. The highest BCUT2D eigenvalue weighted by molar-refractivity contribution is 7.94. The summed E-state index contributed by atoms with van der Waals surface area (Å²) in [6.07, 6.45) is 1.29. The number of halogens is 3. The average molecular weight is 459 g/mol. The smallest absolute Gasteiger partial charge is 0.425 e. The number of pyridine rings is 1. The lowest BCUT2D eigenvalue weighted by Crippen LogP contribution is -2.24. The van der Waals surface area contributed by atoms with Gasteiger partial charge in [0.05, 0.1) is 10.6 Å². The van der Waals surface area contributed by atoms with Gasteiger partial charge in [-0.1, -0.05) is 6.92 Å². The van der Waals surface area contributed by atoms with E-state index in [1.165, 1.54) is 25.3 Å². The molecule has 0 aliphatic carbocycles. The van der Waals surface area contributed by atoms with Gasteiger partial charge in [0.15, 0.2) is 19.6 Å². The van der Waals surface area contributed by atoms with Crippen LogP contribution in [0.4, 0.5) is 13.2 Å². The van der Waals surface area contributed by atoms with Crippen molar-refractivity contribution in [1.29, 1.82) is 0 Å². The van der Waals surface area contributed by atoms with Gasteiger partial charge in [-0.2, -0.15) is 13.2 Å². The summed E-state index contributed by atoms with van der Waals surface area (Å²) in [5.74, 6) is -1.80. The molecule has 1 aromatic carbocycles. The summed E-state index contributed by atoms with van der Waals surface area (Å²) in [5, 5.41) is 0. The third-order valence-electron chi connectivity index (χ3n) is 3.78. The number of amides is 1. The number of nitrogens with zero attached hydrogens (tertiary/aromatic N) is 3. The zero-order valence-corrected chi connectivity index (χ0v) is 17.0. The van der Waals surface area contributed by atoms with E-state index in [9.17, 15) is 30.6 Å². The van der Waals surface area contributed by atoms with Crippen molar-refractivity contribution in [2.75, 3.05) is 5.75 Å². The van der Waals surface area contributed by atoms with Crippen LogP contribution in [0.5, 0.6) is 0 Å². The molecule has 3 aromatic rings. The molecule has 0 aliphatic rings. The Kier molecular flexibility index (Phi) is 5.33. The molecule has 2 aromatic heterocycles. The van der Waals surface area contributed by atoms with Crippen LogP contribution in [0.25, 0.3) is 22.7 Å². The van der Waals surface area contributed by atoms with Crippen LogP contribution in [0.15, 0.2) is 43.0 Å². The van der Waals surface area contributed by atoms with Gasteiger partial charge in [-0.25, -0.2) is 22.6 Å². The largest absolute Gasteiger partial charge is 0.484 e. The predicted molar refractivity (Wildman–Crippen MR) is 98.2 cm³/mol. The number of sulfone groups is 1. The standard InChI is InChI=1S/C17H12F3N3O5S2/c1-3-29(25,26)14-5-4-8-21-15(14)16-22-12-9-11(6-7-13(12)28-16)30(27,17(18,19)20)23-10(2)24/h4-5,8-9H,3H2,1-2H3. The van der Waals surface area contributed by atoms with Crippen molar-refractivity contribution in [2.24, 2.45) is 4.36 Å². The molecule has 2 heterocycles. The maximum atomic E-state index is 13.4.